The minimum atomic E-state index is 0.520. The second kappa shape index (κ2) is 7.88. The first kappa shape index (κ1) is 17.7. The maximum absolute atomic E-state index is 10.7. The van der Waals surface area contributed by atoms with Gasteiger partial charge < -0.3 is 14.8 Å². The van der Waals surface area contributed by atoms with Gasteiger partial charge in [-0.05, 0) is 36.9 Å². The van der Waals surface area contributed by atoms with Crippen LogP contribution in [0.25, 0.3) is 10.9 Å². The Kier molecular flexibility index (Phi) is 5.16. The van der Waals surface area contributed by atoms with Gasteiger partial charge in [-0.2, -0.15) is 0 Å². The van der Waals surface area contributed by atoms with Crippen LogP contribution in [0.2, 0.25) is 0 Å². The van der Waals surface area contributed by atoms with E-state index < -0.39 is 0 Å². The van der Waals surface area contributed by atoms with Gasteiger partial charge in [-0.25, -0.2) is 9.97 Å². The molecule has 1 aliphatic rings. The van der Waals surface area contributed by atoms with Crippen molar-refractivity contribution in [3.8, 4) is 0 Å². The number of piperidine rings is 1. The largest absolute Gasteiger partial charge is 0.350 e. The number of nitrogens with zero attached hydrogens (tertiary/aromatic N) is 4. The molecule has 140 valence electrons. The van der Waals surface area contributed by atoms with E-state index in [4.69, 9.17) is 0 Å². The summed E-state index contributed by atoms with van der Waals surface area (Å²) in [6.07, 6.45) is 8.43. The van der Waals surface area contributed by atoms with Gasteiger partial charge in [-0.1, -0.05) is 18.2 Å². The topological polar surface area (TPSA) is 63.1 Å². The Bertz CT molecular complexity index is 910. The van der Waals surface area contributed by atoms with Crippen molar-refractivity contribution in [3.63, 3.8) is 0 Å². The van der Waals surface area contributed by atoms with Crippen molar-refractivity contribution in [2.75, 3.05) is 24.5 Å². The lowest BCUT2D eigenvalue weighted by atomic mass is 9.97. The lowest BCUT2D eigenvalue weighted by molar-refractivity contribution is 0.112. The van der Waals surface area contributed by atoms with Crippen LogP contribution in [0.3, 0.4) is 0 Å². The fourth-order valence-electron chi connectivity index (χ4n) is 3.87. The molecule has 1 aromatic carbocycles. The summed E-state index contributed by atoms with van der Waals surface area (Å²) in [5.41, 5.74) is 3.16. The molecule has 1 fully saturated rings. The van der Waals surface area contributed by atoms with Crippen molar-refractivity contribution in [3.05, 3.63) is 54.0 Å². The Labute approximate surface area is 159 Å². The number of aromatic nitrogens is 3. The summed E-state index contributed by atoms with van der Waals surface area (Å²) in [6, 6.07) is 8.55. The summed E-state index contributed by atoms with van der Waals surface area (Å²) in [6.45, 7) is 3.85. The van der Waals surface area contributed by atoms with Gasteiger partial charge in [-0.3, -0.25) is 4.79 Å². The van der Waals surface area contributed by atoms with Crippen molar-refractivity contribution in [2.45, 2.75) is 19.4 Å². The van der Waals surface area contributed by atoms with Gasteiger partial charge in [0, 0.05) is 56.2 Å². The quantitative estimate of drug-likeness (QED) is 0.683. The van der Waals surface area contributed by atoms with Crippen LogP contribution in [0.4, 0.5) is 5.95 Å². The van der Waals surface area contributed by atoms with E-state index in [0.717, 1.165) is 51.3 Å². The number of aryl methyl sites for hydroxylation is 1. The smallest absolute Gasteiger partial charge is 0.225 e. The number of anilines is 1. The Hall–Kier alpha value is -2.73. The molecular weight excluding hydrogens is 338 g/mol. The van der Waals surface area contributed by atoms with Gasteiger partial charge in [0.25, 0.3) is 0 Å². The molecule has 27 heavy (non-hydrogen) atoms. The van der Waals surface area contributed by atoms with E-state index in [2.05, 4.69) is 62.3 Å². The molecule has 6 heteroatoms. The minimum absolute atomic E-state index is 0.520. The zero-order valence-electron chi connectivity index (χ0n) is 15.6. The highest BCUT2D eigenvalue weighted by Gasteiger charge is 2.20. The summed E-state index contributed by atoms with van der Waals surface area (Å²) in [5.74, 6) is 1.40. The van der Waals surface area contributed by atoms with Crippen molar-refractivity contribution in [1.29, 1.82) is 0 Å². The predicted molar refractivity (Wildman–Crippen MR) is 107 cm³/mol. The molecule has 0 amide bonds. The Morgan fingerprint density at radius 1 is 1.19 bits per heavy atom. The summed E-state index contributed by atoms with van der Waals surface area (Å²) in [5, 5.41) is 4.98. The molecule has 1 aliphatic heterocycles. The molecule has 1 saturated heterocycles. The van der Waals surface area contributed by atoms with E-state index in [1.165, 1.54) is 16.5 Å². The molecule has 1 N–H and O–H groups in total. The molecule has 0 radical (unpaired) electrons. The van der Waals surface area contributed by atoms with Crippen LogP contribution in [0.1, 0.15) is 28.8 Å². The number of hydrogen-bond acceptors (Lipinski definition) is 5. The highest BCUT2D eigenvalue weighted by atomic mass is 16.1. The number of carbonyl (C=O) groups is 1. The Morgan fingerprint density at radius 3 is 2.67 bits per heavy atom. The first-order valence-corrected chi connectivity index (χ1v) is 9.50. The predicted octanol–water partition coefficient (Wildman–Crippen LogP) is 2.79. The van der Waals surface area contributed by atoms with E-state index in [1.54, 1.807) is 12.4 Å². The maximum Gasteiger partial charge on any atom is 0.225 e. The summed E-state index contributed by atoms with van der Waals surface area (Å²) >= 11 is 0. The van der Waals surface area contributed by atoms with Crippen LogP contribution >= 0.6 is 0 Å². The molecule has 4 rings (SSSR count). The lowest BCUT2D eigenvalue weighted by Crippen LogP contribution is -2.38. The number of para-hydroxylation sites is 1. The number of aldehydes is 1. The number of rotatable bonds is 6. The zero-order chi connectivity index (χ0) is 18.6. The van der Waals surface area contributed by atoms with E-state index in [1.807, 2.05) is 0 Å². The van der Waals surface area contributed by atoms with E-state index in [9.17, 15) is 4.79 Å². The SMILES string of the molecule is Cn1cc(CNCC2CCN(c3ncc(C=O)cn3)CC2)c2ccccc21. The standard InChI is InChI=1S/C21H25N5O/c1-25-14-18(19-4-2-3-5-20(19)25)13-22-10-16-6-8-26(9-7-16)21-23-11-17(15-27)12-24-21/h2-5,11-12,14-16,22H,6-10,13H2,1H3. The van der Waals surface area contributed by atoms with Crippen LogP contribution < -0.4 is 10.2 Å². The van der Waals surface area contributed by atoms with Gasteiger partial charge >= 0.3 is 0 Å². The number of carbonyl (C=O) groups excluding carboxylic acids is 1. The Morgan fingerprint density at radius 2 is 1.93 bits per heavy atom. The third-order valence-corrected chi connectivity index (χ3v) is 5.42. The zero-order valence-corrected chi connectivity index (χ0v) is 15.6. The van der Waals surface area contributed by atoms with Gasteiger partial charge in [0.1, 0.15) is 0 Å². The number of nitrogens with one attached hydrogen (secondary N) is 1. The van der Waals surface area contributed by atoms with Gasteiger partial charge in [0.15, 0.2) is 6.29 Å². The van der Waals surface area contributed by atoms with Gasteiger partial charge in [0.05, 0.1) is 5.56 Å². The second-order valence-corrected chi connectivity index (χ2v) is 7.28. The molecule has 3 heterocycles. The van der Waals surface area contributed by atoms with Crippen molar-refractivity contribution < 1.29 is 4.79 Å². The normalized spacial score (nSPS) is 15.4. The average molecular weight is 363 g/mol. The molecule has 3 aromatic rings. The summed E-state index contributed by atoms with van der Waals surface area (Å²) in [7, 11) is 2.10. The molecular formula is C21H25N5O. The second-order valence-electron chi connectivity index (χ2n) is 7.28. The van der Waals surface area contributed by atoms with Crippen LogP contribution in [0, 0.1) is 5.92 Å². The first-order valence-electron chi connectivity index (χ1n) is 9.50. The van der Waals surface area contributed by atoms with Crippen molar-refractivity contribution in [1.82, 2.24) is 19.9 Å². The third-order valence-electron chi connectivity index (χ3n) is 5.42. The molecule has 0 aliphatic carbocycles. The van der Waals surface area contributed by atoms with Crippen molar-refractivity contribution >= 4 is 23.1 Å². The third kappa shape index (κ3) is 3.85. The highest BCUT2D eigenvalue weighted by molar-refractivity contribution is 5.83. The molecule has 2 aromatic heterocycles. The van der Waals surface area contributed by atoms with Gasteiger partial charge in [0.2, 0.25) is 5.95 Å². The molecule has 0 saturated carbocycles. The van der Waals surface area contributed by atoms with Crippen LogP contribution in [-0.4, -0.2) is 40.5 Å². The number of fused-ring (bicyclic) bond motifs is 1. The van der Waals surface area contributed by atoms with Crippen LogP contribution in [0.15, 0.2) is 42.9 Å². The number of hydrogen-bond donors (Lipinski definition) is 1. The summed E-state index contributed by atoms with van der Waals surface area (Å²) in [4.78, 5) is 21.5. The molecule has 0 bridgehead atoms. The monoisotopic (exact) mass is 363 g/mol. The lowest BCUT2D eigenvalue weighted by Gasteiger charge is -2.32. The van der Waals surface area contributed by atoms with E-state index in [0.29, 0.717) is 11.5 Å². The fourth-order valence-corrected chi connectivity index (χ4v) is 3.87. The average Bonchev–Trinajstić information content (AvgIpc) is 3.05. The Balaban J connectivity index is 1.27. The first-order chi connectivity index (χ1) is 13.2. The van der Waals surface area contributed by atoms with Crippen LogP contribution in [-0.2, 0) is 13.6 Å². The molecule has 0 unspecified atom stereocenters. The highest BCUT2D eigenvalue weighted by Crippen LogP contribution is 2.22. The van der Waals surface area contributed by atoms with Gasteiger partial charge in [-0.15, -0.1) is 0 Å². The van der Waals surface area contributed by atoms with Crippen LogP contribution in [0.5, 0.6) is 0 Å². The fraction of sp³-hybridized carbons (Fsp3) is 0.381. The van der Waals surface area contributed by atoms with Crippen molar-refractivity contribution in [2.24, 2.45) is 13.0 Å². The maximum atomic E-state index is 10.7. The van der Waals surface area contributed by atoms with E-state index >= 15 is 0 Å². The summed E-state index contributed by atoms with van der Waals surface area (Å²) < 4.78 is 2.20. The molecule has 0 spiro atoms. The molecule has 0 atom stereocenters. The number of benzene rings is 1. The van der Waals surface area contributed by atoms with E-state index in [-0.39, 0.29) is 0 Å². The minimum Gasteiger partial charge on any atom is -0.350 e. The molecule has 6 nitrogen and oxygen atoms in total.